The Hall–Kier alpha value is -3.22. The molecule has 4 rings (SSSR count). The number of allylic oxidation sites excluding steroid dienone is 5. The highest BCUT2D eigenvalue weighted by molar-refractivity contribution is 6.13. The van der Waals surface area contributed by atoms with E-state index in [-0.39, 0.29) is 5.75 Å². The van der Waals surface area contributed by atoms with Crippen molar-refractivity contribution in [3.63, 3.8) is 0 Å². The molecule has 1 unspecified atom stereocenters. The van der Waals surface area contributed by atoms with E-state index in [4.69, 9.17) is 5.73 Å². The molecule has 0 radical (unpaired) electrons. The van der Waals surface area contributed by atoms with Crippen LogP contribution >= 0.6 is 0 Å². The smallest absolute Gasteiger partial charge is 0.406 e. The minimum absolute atomic E-state index is 0.220. The Morgan fingerprint density at radius 1 is 1.10 bits per heavy atom. The first-order valence-corrected chi connectivity index (χ1v) is 9.22. The van der Waals surface area contributed by atoms with Crippen molar-refractivity contribution in [3.05, 3.63) is 88.9 Å². The Labute approximate surface area is 166 Å². The fourth-order valence-corrected chi connectivity index (χ4v) is 3.82. The second-order valence-corrected chi connectivity index (χ2v) is 7.17. The highest BCUT2D eigenvalue weighted by Crippen LogP contribution is 2.37. The molecular formula is C22H20F3N3O. The van der Waals surface area contributed by atoms with Gasteiger partial charge in [0.1, 0.15) is 11.3 Å². The van der Waals surface area contributed by atoms with Crippen molar-refractivity contribution in [1.29, 1.82) is 0 Å². The molecule has 3 N–H and O–H groups in total. The number of halogens is 3. The van der Waals surface area contributed by atoms with E-state index in [0.29, 0.717) is 18.5 Å². The van der Waals surface area contributed by atoms with Gasteiger partial charge in [-0.15, -0.1) is 13.2 Å². The molecule has 2 heterocycles. The van der Waals surface area contributed by atoms with Gasteiger partial charge in [0.25, 0.3) is 0 Å². The van der Waals surface area contributed by atoms with Gasteiger partial charge in [0.15, 0.2) is 0 Å². The van der Waals surface area contributed by atoms with Crippen LogP contribution in [0.25, 0.3) is 0 Å². The molecule has 0 amide bonds. The molecule has 0 saturated carbocycles. The molecule has 0 fully saturated rings. The lowest BCUT2D eigenvalue weighted by Crippen LogP contribution is -2.56. The van der Waals surface area contributed by atoms with E-state index in [1.165, 1.54) is 12.1 Å². The SMILES string of the molecule is CC1=CC=CC23NC(CCc4ccc(OC(F)(F)F)cc4)=CC=C2C(N)=CN=C13. The van der Waals surface area contributed by atoms with Gasteiger partial charge in [0.05, 0.1) is 17.6 Å². The summed E-state index contributed by atoms with van der Waals surface area (Å²) in [4.78, 5) is 4.55. The van der Waals surface area contributed by atoms with Gasteiger partial charge in [-0.1, -0.05) is 30.4 Å². The molecule has 0 saturated heterocycles. The lowest BCUT2D eigenvalue weighted by Gasteiger charge is -2.42. The van der Waals surface area contributed by atoms with Crippen LogP contribution in [-0.2, 0) is 6.42 Å². The third kappa shape index (κ3) is 3.72. The number of benzene rings is 1. The third-order valence-electron chi connectivity index (χ3n) is 5.16. The monoisotopic (exact) mass is 399 g/mol. The standard InChI is InChI=1S/C22H20F3N3O/c1-14-3-2-12-21-18(19(26)13-27-20(14)21)11-8-16(28-21)7-4-15-5-9-17(10-6-15)29-22(23,24)25/h2-3,5-6,8-13,28H,4,7,26H2,1H3. The number of aryl methyl sites for hydroxylation is 1. The van der Waals surface area contributed by atoms with Gasteiger partial charge in [-0.3, -0.25) is 4.99 Å². The topological polar surface area (TPSA) is 59.6 Å². The van der Waals surface area contributed by atoms with Crippen LogP contribution in [0.15, 0.2) is 88.4 Å². The van der Waals surface area contributed by atoms with Crippen LogP contribution in [0, 0.1) is 0 Å². The Kier molecular flexibility index (Phi) is 4.61. The summed E-state index contributed by atoms with van der Waals surface area (Å²) in [5.41, 5.74) is 11.1. The number of alkyl halides is 3. The maximum Gasteiger partial charge on any atom is 0.573 e. The van der Waals surface area contributed by atoms with Crippen LogP contribution in [0.3, 0.4) is 0 Å². The number of ether oxygens (including phenoxy) is 1. The van der Waals surface area contributed by atoms with Crippen molar-refractivity contribution in [2.75, 3.05) is 0 Å². The molecule has 2 aliphatic heterocycles. The third-order valence-corrected chi connectivity index (χ3v) is 5.16. The Morgan fingerprint density at radius 2 is 1.86 bits per heavy atom. The van der Waals surface area contributed by atoms with Crippen LogP contribution < -0.4 is 15.8 Å². The summed E-state index contributed by atoms with van der Waals surface area (Å²) in [7, 11) is 0. The quantitative estimate of drug-likeness (QED) is 0.787. The first-order valence-electron chi connectivity index (χ1n) is 9.22. The largest absolute Gasteiger partial charge is 0.573 e. The van der Waals surface area contributed by atoms with Crippen molar-refractivity contribution in [2.24, 2.45) is 10.7 Å². The van der Waals surface area contributed by atoms with Gasteiger partial charge in [-0.25, -0.2) is 0 Å². The van der Waals surface area contributed by atoms with E-state index < -0.39 is 11.9 Å². The lowest BCUT2D eigenvalue weighted by atomic mass is 9.74. The zero-order chi connectivity index (χ0) is 20.6. The summed E-state index contributed by atoms with van der Waals surface area (Å²) >= 11 is 0. The van der Waals surface area contributed by atoms with Crippen molar-refractivity contribution < 1.29 is 17.9 Å². The van der Waals surface area contributed by atoms with E-state index in [2.05, 4.69) is 21.1 Å². The van der Waals surface area contributed by atoms with E-state index in [9.17, 15) is 13.2 Å². The van der Waals surface area contributed by atoms with Crippen LogP contribution in [0.2, 0.25) is 0 Å². The van der Waals surface area contributed by atoms with Crippen LogP contribution in [0.4, 0.5) is 13.2 Å². The first kappa shape index (κ1) is 19.1. The molecule has 0 aromatic heterocycles. The Morgan fingerprint density at radius 3 is 2.59 bits per heavy atom. The highest BCUT2D eigenvalue weighted by atomic mass is 19.4. The Balaban J connectivity index is 1.49. The fourth-order valence-electron chi connectivity index (χ4n) is 3.82. The Bertz CT molecular complexity index is 1010. The first-order chi connectivity index (χ1) is 13.8. The molecule has 4 nitrogen and oxygen atoms in total. The molecule has 150 valence electrons. The van der Waals surface area contributed by atoms with Crippen molar-refractivity contribution in [2.45, 2.75) is 31.7 Å². The van der Waals surface area contributed by atoms with Gasteiger partial charge in [-0.2, -0.15) is 0 Å². The van der Waals surface area contributed by atoms with E-state index in [0.717, 1.165) is 28.1 Å². The van der Waals surface area contributed by atoms with Gasteiger partial charge < -0.3 is 15.8 Å². The maximum absolute atomic E-state index is 12.3. The normalized spacial score (nSPS) is 22.8. The average Bonchev–Trinajstić information content (AvgIpc) is 2.66. The van der Waals surface area contributed by atoms with Crippen LogP contribution in [0.5, 0.6) is 5.75 Å². The van der Waals surface area contributed by atoms with Gasteiger partial charge in [-0.05, 0) is 55.2 Å². The summed E-state index contributed by atoms with van der Waals surface area (Å²) in [6, 6.07) is 5.95. The van der Waals surface area contributed by atoms with Crippen molar-refractivity contribution in [1.82, 2.24) is 5.32 Å². The lowest BCUT2D eigenvalue weighted by molar-refractivity contribution is -0.274. The van der Waals surface area contributed by atoms with Crippen molar-refractivity contribution >= 4 is 5.71 Å². The predicted octanol–water partition coefficient (Wildman–Crippen LogP) is 4.44. The van der Waals surface area contributed by atoms with Crippen molar-refractivity contribution in [3.8, 4) is 5.75 Å². The van der Waals surface area contributed by atoms with Gasteiger partial charge in [0, 0.05) is 11.3 Å². The van der Waals surface area contributed by atoms with Gasteiger partial charge >= 0.3 is 6.36 Å². The van der Waals surface area contributed by atoms with Crippen LogP contribution in [-0.4, -0.2) is 17.6 Å². The number of nitrogens with zero attached hydrogens (tertiary/aromatic N) is 1. The molecule has 7 heteroatoms. The molecular weight excluding hydrogens is 379 g/mol. The van der Waals surface area contributed by atoms with Crippen LogP contribution in [0.1, 0.15) is 18.9 Å². The van der Waals surface area contributed by atoms with E-state index in [1.54, 1.807) is 18.3 Å². The molecule has 3 aliphatic rings. The predicted molar refractivity (Wildman–Crippen MR) is 106 cm³/mol. The molecule has 1 spiro atoms. The summed E-state index contributed by atoms with van der Waals surface area (Å²) in [5.74, 6) is -0.220. The number of hydrogen-bond acceptors (Lipinski definition) is 4. The summed E-state index contributed by atoms with van der Waals surface area (Å²) in [6.45, 7) is 2.02. The molecule has 1 aliphatic carbocycles. The number of nitrogens with one attached hydrogen (secondary N) is 1. The summed E-state index contributed by atoms with van der Waals surface area (Å²) in [6.07, 6.45) is 8.43. The minimum Gasteiger partial charge on any atom is -0.406 e. The molecule has 0 bridgehead atoms. The minimum atomic E-state index is -4.68. The molecule has 29 heavy (non-hydrogen) atoms. The zero-order valence-corrected chi connectivity index (χ0v) is 15.8. The second-order valence-electron chi connectivity index (χ2n) is 7.17. The number of aliphatic imine (C=N–C) groups is 1. The van der Waals surface area contributed by atoms with Gasteiger partial charge in [0.2, 0.25) is 0 Å². The van der Waals surface area contributed by atoms with E-state index >= 15 is 0 Å². The number of hydrogen-bond donors (Lipinski definition) is 2. The average molecular weight is 399 g/mol. The molecule has 1 atom stereocenters. The number of nitrogens with two attached hydrogens (primary N) is 1. The summed E-state index contributed by atoms with van der Waals surface area (Å²) in [5, 5.41) is 3.58. The molecule has 1 aromatic carbocycles. The summed E-state index contributed by atoms with van der Waals surface area (Å²) < 4.78 is 40.8. The zero-order valence-electron chi connectivity index (χ0n) is 15.8. The highest BCUT2D eigenvalue weighted by Gasteiger charge is 2.43. The number of rotatable bonds is 4. The number of dihydropyridines is 1. The second kappa shape index (κ2) is 6.99. The fraction of sp³-hybridized carbons (Fsp3) is 0.227. The molecule has 1 aromatic rings. The van der Waals surface area contributed by atoms with E-state index in [1.807, 2.05) is 31.2 Å². The maximum atomic E-state index is 12.3.